The van der Waals surface area contributed by atoms with E-state index in [1.165, 1.54) is 0 Å². The highest BCUT2D eigenvalue weighted by atomic mass is 16.5. The maximum absolute atomic E-state index is 13.0. The minimum Gasteiger partial charge on any atom is -0.458 e. The van der Waals surface area contributed by atoms with E-state index in [1.54, 1.807) is 19.1 Å². The molecule has 4 aliphatic carbocycles. The number of carbonyl (C=O) groups excluding carboxylic acids is 3. The van der Waals surface area contributed by atoms with Gasteiger partial charge in [-0.1, -0.05) is 25.5 Å². The van der Waals surface area contributed by atoms with Crippen LogP contribution in [-0.2, 0) is 19.1 Å². The molecule has 0 amide bonds. The van der Waals surface area contributed by atoms with Crippen LogP contribution in [0.15, 0.2) is 23.8 Å². The summed E-state index contributed by atoms with van der Waals surface area (Å²) < 4.78 is 5.20. The number of carbonyl (C=O) groups is 3. The van der Waals surface area contributed by atoms with E-state index in [-0.39, 0.29) is 53.3 Å². The lowest BCUT2D eigenvalue weighted by molar-refractivity contribution is -0.153. The van der Waals surface area contributed by atoms with E-state index in [9.17, 15) is 19.5 Å². The number of allylic oxidation sites excluding steroid dienone is 4. The molecule has 0 aromatic heterocycles. The van der Waals surface area contributed by atoms with Gasteiger partial charge in [0.2, 0.25) is 0 Å². The summed E-state index contributed by atoms with van der Waals surface area (Å²) in [5, 5.41) is 11.3. The first-order valence-corrected chi connectivity index (χ1v) is 11.6. The van der Waals surface area contributed by atoms with Crippen molar-refractivity contribution in [1.29, 1.82) is 0 Å². The summed E-state index contributed by atoms with van der Waals surface area (Å²) in [5.74, 6) is 0.0684. The van der Waals surface area contributed by atoms with E-state index in [2.05, 4.69) is 13.8 Å². The number of fused-ring (bicyclic) bond motifs is 5. The van der Waals surface area contributed by atoms with E-state index in [1.807, 2.05) is 6.08 Å². The third-order valence-corrected chi connectivity index (χ3v) is 8.75. The van der Waals surface area contributed by atoms with Gasteiger partial charge in [-0.3, -0.25) is 14.4 Å². The number of nitrogens with two attached hydrogens (primary N) is 1. The van der Waals surface area contributed by atoms with Gasteiger partial charge in [0.15, 0.2) is 11.6 Å². The van der Waals surface area contributed by atoms with Gasteiger partial charge in [0, 0.05) is 23.3 Å². The fourth-order valence-corrected chi connectivity index (χ4v) is 7.43. The Hall–Kier alpha value is -1.79. The maximum atomic E-state index is 13.0. The molecule has 0 aromatic carbocycles. The molecule has 0 aromatic rings. The topological polar surface area (TPSA) is 107 Å². The Morgan fingerprint density at radius 1 is 1.29 bits per heavy atom. The molecule has 3 fully saturated rings. The first kappa shape index (κ1) is 22.4. The Morgan fingerprint density at radius 2 is 2.03 bits per heavy atom. The summed E-state index contributed by atoms with van der Waals surface area (Å²) in [5.41, 5.74) is 6.17. The Morgan fingerprint density at radius 3 is 2.74 bits per heavy atom. The van der Waals surface area contributed by atoms with Crippen molar-refractivity contribution < 1.29 is 24.2 Å². The van der Waals surface area contributed by atoms with E-state index in [4.69, 9.17) is 10.5 Å². The SMILES string of the molecule is CC(N)CC(=O)OCC(=O)C1CCC2C3CCC4=CC(=O)C=CC4(C)C3C(O)CC12C. The van der Waals surface area contributed by atoms with Crippen molar-refractivity contribution >= 4 is 17.5 Å². The van der Waals surface area contributed by atoms with Crippen LogP contribution in [0.4, 0.5) is 0 Å². The number of rotatable bonds is 5. The number of aliphatic hydroxyl groups excluding tert-OH is 1. The lowest BCUT2D eigenvalue weighted by Crippen LogP contribution is -2.56. The van der Waals surface area contributed by atoms with E-state index >= 15 is 0 Å². The lowest BCUT2D eigenvalue weighted by atomic mass is 9.46. The van der Waals surface area contributed by atoms with Crippen LogP contribution in [0.25, 0.3) is 0 Å². The van der Waals surface area contributed by atoms with Crippen LogP contribution in [0.3, 0.4) is 0 Å². The van der Waals surface area contributed by atoms with Gasteiger partial charge in [-0.05, 0) is 68.4 Å². The minimum atomic E-state index is -0.535. The quantitative estimate of drug-likeness (QED) is 0.651. The molecule has 3 saturated carbocycles. The Kier molecular flexibility index (Phi) is 5.76. The van der Waals surface area contributed by atoms with Crippen molar-refractivity contribution in [3.63, 3.8) is 0 Å². The van der Waals surface area contributed by atoms with Gasteiger partial charge in [-0.25, -0.2) is 0 Å². The molecule has 0 spiro atoms. The first-order chi connectivity index (χ1) is 14.6. The predicted octanol–water partition coefficient (Wildman–Crippen LogP) is 2.73. The van der Waals surface area contributed by atoms with Gasteiger partial charge >= 0.3 is 5.97 Å². The number of hydrogen-bond donors (Lipinski definition) is 2. The predicted molar refractivity (Wildman–Crippen MR) is 116 cm³/mol. The molecule has 0 bridgehead atoms. The Balaban J connectivity index is 1.52. The summed E-state index contributed by atoms with van der Waals surface area (Å²) in [6.07, 6.45) is 9.06. The fraction of sp³-hybridized carbons (Fsp3) is 0.720. The number of ketones is 2. The Labute approximate surface area is 184 Å². The maximum Gasteiger partial charge on any atom is 0.307 e. The lowest BCUT2D eigenvalue weighted by Gasteiger charge is -2.58. The van der Waals surface area contributed by atoms with Crippen molar-refractivity contribution in [3.8, 4) is 0 Å². The third-order valence-electron chi connectivity index (χ3n) is 8.75. The molecule has 6 nitrogen and oxygen atoms in total. The Bertz CT molecular complexity index is 845. The standard InChI is InChI=1S/C25H35NO5/c1-14(26)10-22(30)31-13-21(29)19-7-6-18-17-5-4-15-11-16(27)8-9-24(15,2)23(17)20(28)12-25(18,19)3/h8-9,11,14,17-20,23,28H,4-7,10,12-13,26H2,1-3H3. The van der Waals surface area contributed by atoms with Crippen LogP contribution in [0, 0.1) is 34.5 Å². The van der Waals surface area contributed by atoms with Gasteiger partial charge in [0.1, 0.15) is 6.61 Å². The third kappa shape index (κ3) is 3.72. The fourth-order valence-electron chi connectivity index (χ4n) is 7.43. The normalized spacial score (nSPS) is 42.2. The molecule has 4 aliphatic rings. The minimum absolute atomic E-state index is 0.0335. The average Bonchev–Trinajstić information content (AvgIpc) is 3.02. The summed E-state index contributed by atoms with van der Waals surface area (Å²) >= 11 is 0. The second kappa shape index (κ2) is 7.96. The summed E-state index contributed by atoms with van der Waals surface area (Å²) in [4.78, 5) is 36.8. The van der Waals surface area contributed by atoms with Crippen molar-refractivity contribution in [1.82, 2.24) is 0 Å². The summed E-state index contributed by atoms with van der Waals surface area (Å²) in [6.45, 7) is 5.82. The van der Waals surface area contributed by atoms with Crippen molar-refractivity contribution in [2.45, 2.75) is 71.4 Å². The van der Waals surface area contributed by atoms with Gasteiger partial charge in [0.25, 0.3) is 0 Å². The highest BCUT2D eigenvalue weighted by molar-refractivity contribution is 6.01. The van der Waals surface area contributed by atoms with E-state index < -0.39 is 12.1 Å². The van der Waals surface area contributed by atoms with Crippen molar-refractivity contribution in [2.24, 2.45) is 40.2 Å². The molecule has 0 saturated heterocycles. The van der Waals surface area contributed by atoms with Crippen LogP contribution in [0.2, 0.25) is 0 Å². The molecule has 4 rings (SSSR count). The molecule has 0 radical (unpaired) electrons. The molecule has 8 atom stereocenters. The first-order valence-electron chi connectivity index (χ1n) is 11.6. The molecule has 31 heavy (non-hydrogen) atoms. The van der Waals surface area contributed by atoms with Crippen molar-refractivity contribution in [2.75, 3.05) is 6.61 Å². The van der Waals surface area contributed by atoms with Crippen LogP contribution in [0.1, 0.15) is 59.3 Å². The van der Waals surface area contributed by atoms with Gasteiger partial charge < -0.3 is 15.6 Å². The summed E-state index contributed by atoms with van der Waals surface area (Å²) in [7, 11) is 0. The zero-order valence-corrected chi connectivity index (χ0v) is 18.8. The number of aliphatic hydroxyl groups is 1. The average molecular weight is 430 g/mol. The van der Waals surface area contributed by atoms with Gasteiger partial charge in [-0.2, -0.15) is 0 Å². The van der Waals surface area contributed by atoms with Crippen LogP contribution in [0.5, 0.6) is 0 Å². The van der Waals surface area contributed by atoms with Crippen LogP contribution >= 0.6 is 0 Å². The highest BCUT2D eigenvalue weighted by Gasteiger charge is 2.62. The van der Waals surface area contributed by atoms with Crippen LogP contribution < -0.4 is 5.73 Å². The van der Waals surface area contributed by atoms with E-state index in [0.717, 1.165) is 31.3 Å². The van der Waals surface area contributed by atoms with Gasteiger partial charge in [0.05, 0.1) is 12.5 Å². The second-order valence-corrected chi connectivity index (χ2v) is 10.7. The zero-order chi connectivity index (χ0) is 22.6. The molecular formula is C25H35NO5. The molecule has 3 N–H and O–H groups in total. The molecule has 6 heteroatoms. The smallest absolute Gasteiger partial charge is 0.307 e. The summed E-state index contributed by atoms with van der Waals surface area (Å²) in [6, 6.07) is -0.294. The molecule has 0 heterocycles. The number of ether oxygens (including phenoxy) is 1. The number of Topliss-reactive ketones (excluding diaryl/α,β-unsaturated/α-hetero) is 1. The van der Waals surface area contributed by atoms with Gasteiger partial charge in [-0.15, -0.1) is 0 Å². The molecule has 170 valence electrons. The zero-order valence-electron chi connectivity index (χ0n) is 18.8. The number of hydrogen-bond acceptors (Lipinski definition) is 6. The van der Waals surface area contributed by atoms with Crippen molar-refractivity contribution in [3.05, 3.63) is 23.8 Å². The second-order valence-electron chi connectivity index (χ2n) is 10.7. The molecular weight excluding hydrogens is 394 g/mol. The molecule has 8 unspecified atom stereocenters. The van der Waals surface area contributed by atoms with Crippen LogP contribution in [-0.4, -0.2) is 41.4 Å². The largest absolute Gasteiger partial charge is 0.458 e. The van der Waals surface area contributed by atoms with E-state index in [0.29, 0.717) is 18.3 Å². The molecule has 0 aliphatic heterocycles. The number of esters is 1. The monoisotopic (exact) mass is 429 g/mol. The highest BCUT2D eigenvalue weighted by Crippen LogP contribution is 2.66.